The zero-order chi connectivity index (χ0) is 14.0. The molecule has 0 atom stereocenters. The zero-order valence-electron chi connectivity index (χ0n) is 11.7. The van der Waals surface area contributed by atoms with Gasteiger partial charge in [0.2, 0.25) is 0 Å². The smallest absolute Gasteiger partial charge is 0.128 e. The summed E-state index contributed by atoms with van der Waals surface area (Å²) in [5, 5.41) is 7.30. The predicted molar refractivity (Wildman–Crippen MR) is 75.7 cm³/mol. The number of nitrogens with zero attached hydrogens (tertiary/aromatic N) is 1. The van der Waals surface area contributed by atoms with Crippen molar-refractivity contribution in [1.82, 2.24) is 4.90 Å². The van der Waals surface area contributed by atoms with E-state index in [0.29, 0.717) is 23.1 Å². The van der Waals surface area contributed by atoms with Crippen LogP contribution in [-0.4, -0.2) is 23.8 Å². The number of nitrogens with two attached hydrogens (primary N) is 1. The third kappa shape index (κ3) is 3.53. The molecule has 0 aliphatic carbocycles. The topological polar surface area (TPSA) is 53.1 Å². The van der Waals surface area contributed by atoms with Crippen LogP contribution in [0.2, 0.25) is 0 Å². The molecule has 0 amide bonds. The summed E-state index contributed by atoms with van der Waals surface area (Å²) in [5.74, 6) is -0.359. The van der Waals surface area contributed by atoms with Gasteiger partial charge in [0, 0.05) is 17.7 Å². The molecule has 1 heterocycles. The number of halogens is 1. The first-order valence-electron chi connectivity index (χ1n) is 6.73. The summed E-state index contributed by atoms with van der Waals surface area (Å²) in [4.78, 5) is 2.29. The van der Waals surface area contributed by atoms with E-state index in [9.17, 15) is 4.39 Å². The van der Waals surface area contributed by atoms with E-state index in [-0.39, 0.29) is 11.7 Å². The number of benzene rings is 1. The molecule has 0 bridgehead atoms. The first kappa shape index (κ1) is 14.0. The van der Waals surface area contributed by atoms with Crippen LogP contribution in [0.4, 0.5) is 4.39 Å². The summed E-state index contributed by atoms with van der Waals surface area (Å²) in [6, 6.07) is 4.81. The maximum atomic E-state index is 13.9. The molecule has 1 aromatic carbocycles. The number of amidine groups is 1. The van der Waals surface area contributed by atoms with Crippen molar-refractivity contribution in [2.45, 2.75) is 33.2 Å². The SMILES string of the molecule is CC1(C)CCN(Cc2ccc(C(=N)N)cc2F)CC1. The number of likely N-dealkylation sites (tertiary alicyclic amines) is 1. The third-order valence-electron chi connectivity index (χ3n) is 3.97. The molecule has 0 saturated carbocycles. The Morgan fingerprint density at radius 3 is 2.53 bits per heavy atom. The lowest BCUT2D eigenvalue weighted by atomic mass is 9.82. The highest BCUT2D eigenvalue weighted by molar-refractivity contribution is 5.94. The van der Waals surface area contributed by atoms with Crippen molar-refractivity contribution in [1.29, 1.82) is 5.41 Å². The van der Waals surface area contributed by atoms with Crippen LogP contribution in [0.25, 0.3) is 0 Å². The molecule has 3 N–H and O–H groups in total. The fourth-order valence-electron chi connectivity index (χ4n) is 2.40. The van der Waals surface area contributed by atoms with Crippen LogP contribution in [0.1, 0.15) is 37.8 Å². The van der Waals surface area contributed by atoms with E-state index in [0.717, 1.165) is 25.9 Å². The molecule has 1 aliphatic heterocycles. The minimum absolute atomic E-state index is 0.0924. The van der Waals surface area contributed by atoms with E-state index < -0.39 is 0 Å². The van der Waals surface area contributed by atoms with Crippen LogP contribution in [0.5, 0.6) is 0 Å². The Kier molecular flexibility index (Phi) is 3.90. The van der Waals surface area contributed by atoms with Gasteiger partial charge in [-0.05, 0) is 37.4 Å². The van der Waals surface area contributed by atoms with Gasteiger partial charge in [0.15, 0.2) is 0 Å². The van der Waals surface area contributed by atoms with Crippen LogP contribution in [0.15, 0.2) is 18.2 Å². The molecule has 0 unspecified atom stereocenters. The average molecular weight is 263 g/mol. The fourth-order valence-corrected chi connectivity index (χ4v) is 2.40. The van der Waals surface area contributed by atoms with Gasteiger partial charge in [-0.15, -0.1) is 0 Å². The molecule has 0 aromatic heterocycles. The molecule has 1 fully saturated rings. The lowest BCUT2D eigenvalue weighted by Gasteiger charge is -2.37. The summed E-state index contributed by atoms with van der Waals surface area (Å²) in [6.45, 7) is 7.24. The molecular formula is C15H22FN3. The number of hydrogen-bond acceptors (Lipinski definition) is 2. The van der Waals surface area contributed by atoms with Crippen molar-refractivity contribution in [3.05, 3.63) is 35.1 Å². The summed E-state index contributed by atoms with van der Waals surface area (Å²) in [6.07, 6.45) is 2.31. The van der Waals surface area contributed by atoms with Crippen molar-refractivity contribution in [3.8, 4) is 0 Å². The van der Waals surface area contributed by atoms with E-state index in [2.05, 4.69) is 18.7 Å². The lowest BCUT2D eigenvalue weighted by Crippen LogP contribution is -2.37. The van der Waals surface area contributed by atoms with Gasteiger partial charge in [0.05, 0.1) is 0 Å². The highest BCUT2D eigenvalue weighted by atomic mass is 19.1. The number of nitrogen functional groups attached to an aromatic ring is 1. The normalized spacial score (nSPS) is 19.3. The summed E-state index contributed by atoms with van der Waals surface area (Å²) in [7, 11) is 0. The van der Waals surface area contributed by atoms with E-state index in [1.807, 2.05) is 0 Å². The van der Waals surface area contributed by atoms with Crippen LogP contribution in [-0.2, 0) is 6.54 Å². The summed E-state index contributed by atoms with van der Waals surface area (Å²) >= 11 is 0. The molecule has 1 aromatic rings. The molecule has 1 aliphatic rings. The molecule has 3 nitrogen and oxygen atoms in total. The second kappa shape index (κ2) is 5.29. The van der Waals surface area contributed by atoms with E-state index in [4.69, 9.17) is 11.1 Å². The Bertz CT molecular complexity index is 472. The third-order valence-corrected chi connectivity index (χ3v) is 3.97. The quantitative estimate of drug-likeness (QED) is 0.651. The van der Waals surface area contributed by atoms with Crippen LogP contribution >= 0.6 is 0 Å². The van der Waals surface area contributed by atoms with Gasteiger partial charge in [-0.25, -0.2) is 4.39 Å². The Morgan fingerprint density at radius 2 is 2.00 bits per heavy atom. The average Bonchev–Trinajstić information content (AvgIpc) is 2.34. The second-order valence-corrected chi connectivity index (χ2v) is 6.16. The summed E-state index contributed by atoms with van der Waals surface area (Å²) in [5.41, 5.74) is 6.89. The fraction of sp³-hybridized carbons (Fsp3) is 0.533. The molecule has 0 radical (unpaired) electrons. The van der Waals surface area contributed by atoms with Gasteiger partial charge in [0.25, 0.3) is 0 Å². The van der Waals surface area contributed by atoms with E-state index >= 15 is 0 Å². The highest BCUT2D eigenvalue weighted by Gasteiger charge is 2.25. The van der Waals surface area contributed by atoms with Gasteiger partial charge in [-0.1, -0.05) is 26.0 Å². The standard InChI is InChI=1S/C15H22FN3/c1-15(2)5-7-19(8-6-15)10-12-4-3-11(14(17)18)9-13(12)16/h3-4,9H,5-8,10H2,1-2H3,(H3,17,18). The molecular weight excluding hydrogens is 241 g/mol. The maximum Gasteiger partial charge on any atom is 0.128 e. The van der Waals surface area contributed by atoms with E-state index in [1.165, 1.54) is 6.07 Å². The van der Waals surface area contributed by atoms with Crippen molar-refractivity contribution in [2.75, 3.05) is 13.1 Å². The molecule has 104 valence electrons. The van der Waals surface area contributed by atoms with Crippen molar-refractivity contribution >= 4 is 5.84 Å². The monoisotopic (exact) mass is 263 g/mol. The van der Waals surface area contributed by atoms with Crippen molar-refractivity contribution in [3.63, 3.8) is 0 Å². The summed E-state index contributed by atoms with van der Waals surface area (Å²) < 4.78 is 13.9. The van der Waals surface area contributed by atoms with Crippen molar-refractivity contribution < 1.29 is 4.39 Å². The van der Waals surface area contributed by atoms with Gasteiger partial charge in [-0.3, -0.25) is 10.3 Å². The van der Waals surface area contributed by atoms with Gasteiger partial charge < -0.3 is 5.73 Å². The van der Waals surface area contributed by atoms with Crippen LogP contribution in [0, 0.1) is 16.6 Å². The highest BCUT2D eigenvalue weighted by Crippen LogP contribution is 2.30. The second-order valence-electron chi connectivity index (χ2n) is 6.16. The zero-order valence-corrected chi connectivity index (χ0v) is 11.7. The molecule has 19 heavy (non-hydrogen) atoms. The first-order chi connectivity index (χ1) is 8.87. The Labute approximate surface area is 114 Å². The number of piperidine rings is 1. The maximum absolute atomic E-state index is 13.9. The molecule has 0 spiro atoms. The lowest BCUT2D eigenvalue weighted by molar-refractivity contribution is 0.126. The number of hydrogen-bond donors (Lipinski definition) is 2. The molecule has 4 heteroatoms. The van der Waals surface area contributed by atoms with E-state index in [1.54, 1.807) is 12.1 Å². The minimum atomic E-state index is -0.266. The molecule has 1 saturated heterocycles. The number of rotatable bonds is 3. The number of nitrogens with one attached hydrogen (secondary N) is 1. The Balaban J connectivity index is 2.02. The minimum Gasteiger partial charge on any atom is -0.384 e. The Hall–Kier alpha value is -1.42. The molecule has 2 rings (SSSR count). The van der Waals surface area contributed by atoms with Crippen LogP contribution < -0.4 is 5.73 Å². The predicted octanol–water partition coefficient (Wildman–Crippen LogP) is 2.73. The van der Waals surface area contributed by atoms with Gasteiger partial charge in [-0.2, -0.15) is 0 Å². The Morgan fingerprint density at radius 1 is 1.37 bits per heavy atom. The van der Waals surface area contributed by atoms with Crippen LogP contribution in [0.3, 0.4) is 0 Å². The van der Waals surface area contributed by atoms with Gasteiger partial charge in [0.1, 0.15) is 11.7 Å². The first-order valence-corrected chi connectivity index (χ1v) is 6.73. The van der Waals surface area contributed by atoms with Gasteiger partial charge >= 0.3 is 0 Å². The largest absolute Gasteiger partial charge is 0.384 e. The van der Waals surface area contributed by atoms with Crippen molar-refractivity contribution in [2.24, 2.45) is 11.1 Å².